The number of anilines is 1. The Morgan fingerprint density at radius 2 is 2.09 bits per heavy atom. The summed E-state index contributed by atoms with van der Waals surface area (Å²) in [5.74, 6) is 0. The summed E-state index contributed by atoms with van der Waals surface area (Å²) >= 11 is 9.61. The van der Waals surface area contributed by atoms with E-state index in [1.54, 1.807) is 13.2 Å². The molecule has 1 aliphatic heterocycles. The van der Waals surface area contributed by atoms with E-state index in [1.165, 1.54) is 4.68 Å². The lowest BCUT2D eigenvalue weighted by Gasteiger charge is -2.34. The van der Waals surface area contributed by atoms with Gasteiger partial charge in [0.05, 0.1) is 18.5 Å². The number of rotatable bonds is 2. The van der Waals surface area contributed by atoms with Crippen LogP contribution in [0.1, 0.15) is 11.7 Å². The van der Waals surface area contributed by atoms with Crippen molar-refractivity contribution >= 4 is 33.2 Å². The molecule has 3 rings (SSSR count). The topological polar surface area (TPSA) is 47.4 Å². The van der Waals surface area contributed by atoms with Crippen molar-refractivity contribution in [3.05, 3.63) is 55.9 Å². The number of nitrogens with zero attached hydrogens (tertiary/aromatic N) is 3. The van der Waals surface area contributed by atoms with Crippen LogP contribution in [0.4, 0.5) is 5.69 Å². The van der Waals surface area contributed by atoms with Crippen LogP contribution in [-0.4, -0.2) is 29.5 Å². The first-order chi connectivity index (χ1) is 10.6. The van der Waals surface area contributed by atoms with Gasteiger partial charge in [-0.1, -0.05) is 39.7 Å². The lowest BCUT2D eigenvalue weighted by atomic mass is 10.1. The van der Waals surface area contributed by atoms with E-state index >= 15 is 0 Å². The Bertz CT molecular complexity index is 733. The van der Waals surface area contributed by atoms with Crippen molar-refractivity contribution in [2.45, 2.75) is 6.10 Å². The van der Waals surface area contributed by atoms with Crippen molar-refractivity contribution in [1.82, 2.24) is 9.78 Å². The highest BCUT2D eigenvalue weighted by atomic mass is 79.9. The molecule has 0 saturated carbocycles. The van der Waals surface area contributed by atoms with Crippen LogP contribution in [0, 0.1) is 0 Å². The first-order valence-corrected chi connectivity index (χ1v) is 8.07. The van der Waals surface area contributed by atoms with Gasteiger partial charge in [0.2, 0.25) is 0 Å². The summed E-state index contributed by atoms with van der Waals surface area (Å²) in [5, 5.41) is 4.26. The zero-order valence-corrected chi connectivity index (χ0v) is 14.3. The monoisotopic (exact) mass is 383 g/mol. The summed E-state index contributed by atoms with van der Waals surface area (Å²) in [5.41, 5.74) is 1.47. The molecule has 0 aliphatic carbocycles. The van der Waals surface area contributed by atoms with Crippen LogP contribution in [0.5, 0.6) is 0 Å². The van der Waals surface area contributed by atoms with Crippen molar-refractivity contribution in [2.75, 3.05) is 24.6 Å². The van der Waals surface area contributed by atoms with Crippen molar-refractivity contribution in [1.29, 1.82) is 0 Å². The predicted octanol–water partition coefficient (Wildman–Crippen LogP) is 2.77. The Kier molecular flexibility index (Phi) is 4.52. The molecule has 0 amide bonds. The molecule has 2 heterocycles. The van der Waals surface area contributed by atoms with Crippen molar-refractivity contribution in [2.24, 2.45) is 7.05 Å². The second kappa shape index (κ2) is 6.40. The normalized spacial score (nSPS) is 18.5. The number of hydrogen-bond acceptors (Lipinski definition) is 4. The second-order valence-electron chi connectivity index (χ2n) is 5.13. The first kappa shape index (κ1) is 15.5. The summed E-state index contributed by atoms with van der Waals surface area (Å²) in [6.07, 6.45) is 1.58. The molecule has 0 spiro atoms. The highest BCUT2D eigenvalue weighted by molar-refractivity contribution is 9.10. The maximum atomic E-state index is 11.9. The molecule has 5 nitrogen and oxygen atoms in total. The number of hydrogen-bond donors (Lipinski definition) is 0. The fraction of sp³-hybridized carbons (Fsp3) is 0.333. The van der Waals surface area contributed by atoms with Gasteiger partial charge in [-0.3, -0.25) is 4.79 Å². The predicted molar refractivity (Wildman–Crippen MR) is 89.5 cm³/mol. The van der Waals surface area contributed by atoms with E-state index < -0.39 is 0 Å². The fourth-order valence-corrected chi connectivity index (χ4v) is 3.02. The minimum atomic E-state index is -0.286. The average molecular weight is 385 g/mol. The maximum absolute atomic E-state index is 11.9. The molecule has 1 saturated heterocycles. The van der Waals surface area contributed by atoms with Crippen LogP contribution in [0.2, 0.25) is 5.02 Å². The van der Waals surface area contributed by atoms with Gasteiger partial charge < -0.3 is 9.64 Å². The van der Waals surface area contributed by atoms with Crippen LogP contribution in [0.15, 0.2) is 39.7 Å². The third-order valence-corrected chi connectivity index (χ3v) is 4.59. The van der Waals surface area contributed by atoms with Crippen LogP contribution < -0.4 is 10.5 Å². The van der Waals surface area contributed by atoms with Crippen molar-refractivity contribution in [3.63, 3.8) is 0 Å². The third-order valence-electron chi connectivity index (χ3n) is 3.71. The first-order valence-electron chi connectivity index (χ1n) is 6.90. The highest BCUT2D eigenvalue weighted by Crippen LogP contribution is 2.29. The number of morpholine rings is 1. The van der Waals surface area contributed by atoms with Crippen LogP contribution in [0.3, 0.4) is 0 Å². The molecule has 2 aromatic rings. The third kappa shape index (κ3) is 3.04. The minimum absolute atomic E-state index is 0.0537. The van der Waals surface area contributed by atoms with Gasteiger partial charge in [0.25, 0.3) is 5.56 Å². The number of ether oxygens (including phenoxy) is 1. The summed E-state index contributed by atoms with van der Waals surface area (Å²) in [4.78, 5) is 14.0. The molecule has 0 radical (unpaired) electrons. The van der Waals surface area contributed by atoms with Gasteiger partial charge in [0.1, 0.15) is 11.1 Å². The van der Waals surface area contributed by atoms with E-state index in [9.17, 15) is 4.79 Å². The summed E-state index contributed by atoms with van der Waals surface area (Å²) in [6, 6.07) is 8.04. The Labute approximate surface area is 141 Å². The Morgan fingerprint density at radius 1 is 1.36 bits per heavy atom. The lowest BCUT2D eigenvalue weighted by molar-refractivity contribution is 0.0397. The SMILES string of the molecule is Cn1ncc(N2CCOC(c3ccc(Br)cc3)C2)c(Cl)c1=O. The number of aromatic nitrogens is 2. The molecule has 22 heavy (non-hydrogen) atoms. The van der Waals surface area contributed by atoms with Gasteiger partial charge in [0.15, 0.2) is 0 Å². The molecule has 1 aromatic carbocycles. The molecule has 7 heteroatoms. The fourth-order valence-electron chi connectivity index (χ4n) is 2.47. The zero-order chi connectivity index (χ0) is 15.7. The standard InChI is InChI=1S/C15H15BrClN3O2/c1-19-15(21)14(17)12(8-18-19)20-6-7-22-13(9-20)10-2-4-11(16)5-3-10/h2-5,8,13H,6-7,9H2,1H3. The summed E-state index contributed by atoms with van der Waals surface area (Å²) < 4.78 is 8.11. The van der Waals surface area contributed by atoms with E-state index in [4.69, 9.17) is 16.3 Å². The maximum Gasteiger partial charge on any atom is 0.287 e. The van der Waals surface area contributed by atoms with E-state index in [0.29, 0.717) is 25.4 Å². The molecule has 1 atom stereocenters. The Hall–Kier alpha value is -1.37. The summed E-state index contributed by atoms with van der Waals surface area (Å²) in [6.45, 7) is 1.89. The van der Waals surface area contributed by atoms with Crippen LogP contribution >= 0.6 is 27.5 Å². The van der Waals surface area contributed by atoms with Gasteiger partial charge in [-0.05, 0) is 17.7 Å². The molecular weight excluding hydrogens is 370 g/mol. The molecule has 0 N–H and O–H groups in total. The smallest absolute Gasteiger partial charge is 0.287 e. The lowest BCUT2D eigenvalue weighted by Crippen LogP contribution is -2.39. The summed E-state index contributed by atoms with van der Waals surface area (Å²) in [7, 11) is 1.59. The zero-order valence-electron chi connectivity index (χ0n) is 12.0. The largest absolute Gasteiger partial charge is 0.370 e. The van der Waals surface area contributed by atoms with Gasteiger partial charge >= 0.3 is 0 Å². The van der Waals surface area contributed by atoms with Gasteiger partial charge in [-0.25, -0.2) is 4.68 Å². The molecule has 1 aromatic heterocycles. The quantitative estimate of drug-likeness (QED) is 0.799. The Balaban J connectivity index is 1.86. The molecule has 1 unspecified atom stereocenters. The molecular formula is C15H15BrClN3O2. The minimum Gasteiger partial charge on any atom is -0.370 e. The molecule has 1 fully saturated rings. The molecule has 1 aliphatic rings. The van der Waals surface area contributed by atoms with Crippen LogP contribution in [0.25, 0.3) is 0 Å². The van der Waals surface area contributed by atoms with Crippen molar-refractivity contribution < 1.29 is 4.74 Å². The van der Waals surface area contributed by atoms with E-state index in [2.05, 4.69) is 21.0 Å². The Morgan fingerprint density at radius 3 is 2.82 bits per heavy atom. The number of aryl methyl sites for hydroxylation is 1. The number of halogens is 2. The van der Waals surface area contributed by atoms with Gasteiger partial charge in [-0.2, -0.15) is 5.10 Å². The van der Waals surface area contributed by atoms with E-state index in [1.807, 2.05) is 29.2 Å². The van der Waals surface area contributed by atoms with Gasteiger partial charge in [-0.15, -0.1) is 0 Å². The average Bonchev–Trinajstić information content (AvgIpc) is 2.54. The molecule has 0 bridgehead atoms. The van der Waals surface area contributed by atoms with Crippen molar-refractivity contribution in [3.8, 4) is 0 Å². The second-order valence-corrected chi connectivity index (χ2v) is 6.42. The van der Waals surface area contributed by atoms with Crippen LogP contribution in [-0.2, 0) is 11.8 Å². The van der Waals surface area contributed by atoms with E-state index in [0.717, 1.165) is 10.0 Å². The van der Waals surface area contributed by atoms with Gasteiger partial charge in [0, 0.05) is 24.6 Å². The number of benzene rings is 1. The highest BCUT2D eigenvalue weighted by Gasteiger charge is 2.24. The van der Waals surface area contributed by atoms with E-state index in [-0.39, 0.29) is 16.7 Å². The molecule has 116 valence electrons.